The quantitative estimate of drug-likeness (QED) is 0.777. The van der Waals surface area contributed by atoms with Crippen molar-refractivity contribution in [3.63, 3.8) is 0 Å². The molecule has 2 heterocycles. The summed E-state index contributed by atoms with van der Waals surface area (Å²) in [5.41, 5.74) is 2.38. The van der Waals surface area contributed by atoms with Crippen molar-refractivity contribution in [2.75, 3.05) is 40.3 Å². The van der Waals surface area contributed by atoms with E-state index in [9.17, 15) is 0 Å². The van der Waals surface area contributed by atoms with E-state index in [4.69, 9.17) is 0 Å². The topological polar surface area (TPSA) is 31.2 Å². The first-order valence-corrected chi connectivity index (χ1v) is 6.38. The van der Waals surface area contributed by atoms with E-state index in [0.717, 1.165) is 37.9 Å². The summed E-state index contributed by atoms with van der Waals surface area (Å²) in [5, 5.41) is 0. The van der Waals surface area contributed by atoms with Gasteiger partial charge in [0.15, 0.2) is 0 Å². The molecular formula is C14H18N4. The second-order valence-corrected chi connectivity index (χ2v) is 4.83. The maximum absolute atomic E-state index is 4.56. The van der Waals surface area contributed by atoms with Crippen LogP contribution < -0.4 is 0 Å². The first-order valence-electron chi connectivity index (χ1n) is 6.38. The average molecular weight is 242 g/mol. The van der Waals surface area contributed by atoms with Gasteiger partial charge in [0.25, 0.3) is 0 Å². The highest BCUT2D eigenvalue weighted by atomic mass is 15.2. The molecule has 0 spiro atoms. The zero-order valence-corrected chi connectivity index (χ0v) is 10.9. The molecule has 0 radical (unpaired) electrons. The van der Waals surface area contributed by atoms with Gasteiger partial charge in [0.05, 0.1) is 13.1 Å². The fourth-order valence-electron chi connectivity index (χ4n) is 2.49. The van der Waals surface area contributed by atoms with Crippen molar-refractivity contribution in [3.05, 3.63) is 35.4 Å². The molecule has 2 aliphatic rings. The molecule has 3 rings (SSSR count). The molecule has 0 amide bonds. The molecule has 0 fully saturated rings. The summed E-state index contributed by atoms with van der Waals surface area (Å²) in [6.07, 6.45) is 0. The maximum Gasteiger partial charge on any atom is 0.130 e. The van der Waals surface area contributed by atoms with Crippen molar-refractivity contribution in [2.24, 2.45) is 9.98 Å². The molecule has 0 saturated heterocycles. The summed E-state index contributed by atoms with van der Waals surface area (Å²) in [7, 11) is 4.19. The Balaban J connectivity index is 1.95. The Morgan fingerprint density at radius 2 is 1.39 bits per heavy atom. The van der Waals surface area contributed by atoms with E-state index in [1.807, 2.05) is 0 Å². The molecule has 0 bridgehead atoms. The monoisotopic (exact) mass is 242 g/mol. The van der Waals surface area contributed by atoms with Crippen LogP contribution in [0.4, 0.5) is 0 Å². The molecule has 0 aromatic heterocycles. The SMILES string of the molecule is CN1CCN=C1c1cccc(C2=NCCN2C)c1. The fourth-order valence-corrected chi connectivity index (χ4v) is 2.49. The van der Waals surface area contributed by atoms with Gasteiger partial charge in [0.1, 0.15) is 11.7 Å². The van der Waals surface area contributed by atoms with Crippen molar-refractivity contribution in [2.45, 2.75) is 0 Å². The van der Waals surface area contributed by atoms with Crippen molar-refractivity contribution in [1.82, 2.24) is 9.80 Å². The third-order valence-electron chi connectivity index (χ3n) is 3.50. The molecule has 0 saturated carbocycles. The second-order valence-electron chi connectivity index (χ2n) is 4.83. The van der Waals surface area contributed by atoms with Crippen LogP contribution in [0.5, 0.6) is 0 Å². The lowest BCUT2D eigenvalue weighted by molar-refractivity contribution is 0.555. The summed E-state index contributed by atoms with van der Waals surface area (Å²) >= 11 is 0. The number of aliphatic imine (C=N–C) groups is 2. The van der Waals surface area contributed by atoms with Crippen LogP contribution in [0.1, 0.15) is 11.1 Å². The predicted octanol–water partition coefficient (Wildman–Crippen LogP) is 1.07. The molecule has 4 heteroatoms. The van der Waals surface area contributed by atoms with Crippen molar-refractivity contribution in [3.8, 4) is 0 Å². The van der Waals surface area contributed by atoms with E-state index < -0.39 is 0 Å². The Morgan fingerprint density at radius 3 is 1.78 bits per heavy atom. The summed E-state index contributed by atoms with van der Waals surface area (Å²) in [5.74, 6) is 2.19. The number of rotatable bonds is 2. The minimum absolute atomic E-state index is 0.900. The largest absolute Gasteiger partial charge is 0.358 e. The first kappa shape index (κ1) is 11.3. The van der Waals surface area contributed by atoms with Crippen LogP contribution in [0.3, 0.4) is 0 Å². The van der Waals surface area contributed by atoms with Crippen molar-refractivity contribution >= 4 is 11.7 Å². The van der Waals surface area contributed by atoms with Gasteiger partial charge in [0, 0.05) is 38.3 Å². The minimum atomic E-state index is 0.900. The lowest BCUT2D eigenvalue weighted by Crippen LogP contribution is -2.25. The normalized spacial score (nSPS) is 19.2. The van der Waals surface area contributed by atoms with Crippen LogP contribution in [-0.2, 0) is 0 Å². The molecule has 1 aromatic rings. The summed E-state index contributed by atoms with van der Waals surface area (Å²) in [4.78, 5) is 13.5. The van der Waals surface area contributed by atoms with Gasteiger partial charge in [-0.15, -0.1) is 0 Å². The molecule has 0 unspecified atom stereocenters. The Kier molecular flexibility index (Phi) is 2.78. The maximum atomic E-state index is 4.56. The molecule has 94 valence electrons. The van der Waals surface area contributed by atoms with E-state index in [2.05, 4.69) is 58.1 Å². The van der Waals surface area contributed by atoms with Gasteiger partial charge in [0.2, 0.25) is 0 Å². The van der Waals surface area contributed by atoms with E-state index in [0.29, 0.717) is 0 Å². The molecule has 0 N–H and O–H groups in total. The summed E-state index contributed by atoms with van der Waals surface area (Å²) in [6, 6.07) is 8.54. The standard InChI is InChI=1S/C14H18N4/c1-17-8-6-15-13(17)11-4-3-5-12(10-11)14-16-7-9-18(14)2/h3-5,10H,6-9H2,1-2H3. The second kappa shape index (κ2) is 4.44. The van der Waals surface area contributed by atoms with Crippen LogP contribution in [0, 0.1) is 0 Å². The Bertz CT molecular complexity index is 475. The minimum Gasteiger partial charge on any atom is -0.358 e. The number of benzene rings is 1. The lowest BCUT2D eigenvalue weighted by Gasteiger charge is -2.17. The van der Waals surface area contributed by atoms with E-state index in [1.165, 1.54) is 11.1 Å². The number of amidine groups is 2. The van der Waals surface area contributed by atoms with Crippen LogP contribution >= 0.6 is 0 Å². The first-order chi connectivity index (χ1) is 8.75. The van der Waals surface area contributed by atoms with Crippen LogP contribution in [0.25, 0.3) is 0 Å². The van der Waals surface area contributed by atoms with Gasteiger partial charge in [-0.2, -0.15) is 0 Å². The van der Waals surface area contributed by atoms with E-state index in [1.54, 1.807) is 0 Å². The smallest absolute Gasteiger partial charge is 0.130 e. The summed E-state index contributed by atoms with van der Waals surface area (Å²) in [6.45, 7) is 3.83. The highest BCUT2D eigenvalue weighted by molar-refractivity contribution is 6.04. The lowest BCUT2D eigenvalue weighted by atomic mass is 10.1. The molecule has 18 heavy (non-hydrogen) atoms. The molecule has 0 aliphatic carbocycles. The van der Waals surface area contributed by atoms with Gasteiger partial charge in [-0.1, -0.05) is 18.2 Å². The Hall–Kier alpha value is -1.84. The highest BCUT2D eigenvalue weighted by Crippen LogP contribution is 2.15. The van der Waals surface area contributed by atoms with Crippen LogP contribution in [0.15, 0.2) is 34.3 Å². The average Bonchev–Trinajstić information content (AvgIpc) is 2.98. The number of hydrogen-bond acceptors (Lipinski definition) is 4. The van der Waals surface area contributed by atoms with E-state index in [-0.39, 0.29) is 0 Å². The number of likely N-dealkylation sites (N-methyl/N-ethyl adjacent to an activating group) is 2. The molecule has 2 aliphatic heterocycles. The zero-order valence-electron chi connectivity index (χ0n) is 10.9. The van der Waals surface area contributed by atoms with Gasteiger partial charge in [-0.3, -0.25) is 9.98 Å². The Morgan fingerprint density at radius 1 is 0.889 bits per heavy atom. The fraction of sp³-hybridized carbons (Fsp3) is 0.429. The van der Waals surface area contributed by atoms with Gasteiger partial charge in [-0.25, -0.2) is 0 Å². The van der Waals surface area contributed by atoms with E-state index >= 15 is 0 Å². The molecular weight excluding hydrogens is 224 g/mol. The zero-order chi connectivity index (χ0) is 12.5. The Labute approximate surface area is 108 Å². The van der Waals surface area contributed by atoms with Crippen LogP contribution in [0.2, 0.25) is 0 Å². The highest BCUT2D eigenvalue weighted by Gasteiger charge is 2.18. The molecule has 1 aromatic carbocycles. The van der Waals surface area contributed by atoms with Crippen LogP contribution in [-0.4, -0.2) is 61.7 Å². The predicted molar refractivity (Wildman–Crippen MR) is 74.5 cm³/mol. The number of hydrogen-bond donors (Lipinski definition) is 0. The molecule has 4 nitrogen and oxygen atoms in total. The van der Waals surface area contributed by atoms with Crippen molar-refractivity contribution < 1.29 is 0 Å². The van der Waals surface area contributed by atoms with Gasteiger partial charge in [-0.05, 0) is 6.07 Å². The molecule has 0 atom stereocenters. The van der Waals surface area contributed by atoms with Crippen molar-refractivity contribution in [1.29, 1.82) is 0 Å². The van der Waals surface area contributed by atoms with Gasteiger partial charge < -0.3 is 9.80 Å². The number of nitrogens with zero attached hydrogens (tertiary/aromatic N) is 4. The third-order valence-corrected chi connectivity index (χ3v) is 3.50. The summed E-state index contributed by atoms with van der Waals surface area (Å²) < 4.78 is 0. The van der Waals surface area contributed by atoms with Gasteiger partial charge >= 0.3 is 0 Å². The third kappa shape index (κ3) is 1.88.